The van der Waals surface area contributed by atoms with Crippen LogP contribution in [0.1, 0.15) is 27.7 Å². The van der Waals surface area contributed by atoms with Crippen LogP contribution in [0.4, 0.5) is 5.69 Å². The number of carbonyl (C=O) groups excluding carboxylic acids is 1. The van der Waals surface area contributed by atoms with E-state index in [1.807, 2.05) is 6.92 Å². The largest absolute Gasteiger partial charge is 0.479 e. The number of carbonyl (C=O) groups is 2. The van der Waals surface area contributed by atoms with E-state index < -0.39 is 17.6 Å². The van der Waals surface area contributed by atoms with Gasteiger partial charge in [0.25, 0.3) is 5.91 Å². The molecule has 1 aromatic rings. The maximum Gasteiger partial charge on any atom is 0.331 e. The van der Waals surface area contributed by atoms with Crippen molar-refractivity contribution in [3.63, 3.8) is 0 Å². The number of carboxylic acid groups (broad SMARTS) is 1. The zero-order valence-electron chi connectivity index (χ0n) is 13.3. The van der Waals surface area contributed by atoms with E-state index >= 15 is 0 Å². The van der Waals surface area contributed by atoms with Crippen molar-refractivity contribution in [1.82, 2.24) is 9.78 Å². The van der Waals surface area contributed by atoms with E-state index in [-0.39, 0.29) is 5.91 Å². The molecule has 124 valence electrons. The molecule has 22 heavy (non-hydrogen) atoms. The summed E-state index contributed by atoms with van der Waals surface area (Å²) >= 11 is 0. The van der Waals surface area contributed by atoms with Gasteiger partial charge < -0.3 is 19.9 Å². The average molecular weight is 313 g/mol. The lowest BCUT2D eigenvalue weighted by Gasteiger charge is -2.19. The topological polar surface area (TPSA) is 103 Å². The third-order valence-electron chi connectivity index (χ3n) is 3.12. The zero-order chi connectivity index (χ0) is 16.8. The Hall–Kier alpha value is -1.93. The minimum atomic E-state index is -1.19. The highest BCUT2D eigenvalue weighted by atomic mass is 16.5. The van der Waals surface area contributed by atoms with Crippen LogP contribution >= 0.6 is 0 Å². The summed E-state index contributed by atoms with van der Waals surface area (Å²) in [4.78, 5) is 23.1. The number of ether oxygens (including phenoxy) is 2. The van der Waals surface area contributed by atoms with Gasteiger partial charge in [-0.05, 0) is 27.7 Å². The quantitative estimate of drug-likeness (QED) is 0.661. The Balaban J connectivity index is 2.55. The minimum Gasteiger partial charge on any atom is -0.479 e. The number of hydrogen-bond donors (Lipinski definition) is 2. The first-order valence-corrected chi connectivity index (χ1v) is 7.07. The summed E-state index contributed by atoms with van der Waals surface area (Å²) in [5.41, 5.74) is -0.776. The molecule has 1 rings (SSSR count). The van der Waals surface area contributed by atoms with Crippen molar-refractivity contribution in [2.75, 3.05) is 25.1 Å². The van der Waals surface area contributed by atoms with Gasteiger partial charge in [0.2, 0.25) is 0 Å². The molecule has 0 aromatic carbocycles. The second kappa shape index (κ2) is 7.90. The molecule has 0 saturated carbocycles. The number of aliphatic carboxylic acids is 1. The standard InChI is InChI=1S/C14H23N3O5/c1-5-21-6-7-22-10(2)12(18)16-11-8-15-17(9-11)14(3,4)13(19)20/h8-10H,5-7H2,1-4H3,(H,16,18)(H,19,20). The van der Waals surface area contributed by atoms with Crippen LogP contribution < -0.4 is 5.32 Å². The van der Waals surface area contributed by atoms with E-state index in [0.29, 0.717) is 25.5 Å². The van der Waals surface area contributed by atoms with Crippen LogP contribution in [0.5, 0.6) is 0 Å². The highest BCUT2D eigenvalue weighted by molar-refractivity contribution is 5.93. The summed E-state index contributed by atoms with van der Waals surface area (Å²) in [6, 6.07) is 0. The van der Waals surface area contributed by atoms with E-state index in [1.54, 1.807) is 6.92 Å². The molecule has 0 radical (unpaired) electrons. The molecule has 1 heterocycles. The smallest absolute Gasteiger partial charge is 0.331 e. The molecule has 0 saturated heterocycles. The molecule has 0 aliphatic carbocycles. The highest BCUT2D eigenvalue weighted by Crippen LogP contribution is 2.17. The van der Waals surface area contributed by atoms with Crippen LogP contribution in [-0.4, -0.2) is 52.7 Å². The summed E-state index contributed by atoms with van der Waals surface area (Å²) in [7, 11) is 0. The predicted molar refractivity (Wildman–Crippen MR) is 79.7 cm³/mol. The fourth-order valence-corrected chi connectivity index (χ4v) is 1.54. The molecule has 1 amide bonds. The van der Waals surface area contributed by atoms with Gasteiger partial charge in [0.15, 0.2) is 5.54 Å². The second-order valence-electron chi connectivity index (χ2n) is 5.24. The number of hydrogen-bond acceptors (Lipinski definition) is 5. The number of carboxylic acids is 1. The van der Waals surface area contributed by atoms with Gasteiger partial charge >= 0.3 is 5.97 Å². The van der Waals surface area contributed by atoms with Gasteiger partial charge in [0.1, 0.15) is 6.10 Å². The van der Waals surface area contributed by atoms with Crippen molar-refractivity contribution in [2.24, 2.45) is 0 Å². The van der Waals surface area contributed by atoms with Gasteiger partial charge in [0.05, 0.1) is 25.1 Å². The van der Waals surface area contributed by atoms with Crippen molar-refractivity contribution in [3.05, 3.63) is 12.4 Å². The second-order valence-corrected chi connectivity index (χ2v) is 5.24. The predicted octanol–water partition coefficient (Wildman–Crippen LogP) is 1.08. The van der Waals surface area contributed by atoms with Crippen molar-refractivity contribution >= 4 is 17.6 Å². The van der Waals surface area contributed by atoms with E-state index in [9.17, 15) is 9.59 Å². The average Bonchev–Trinajstić information content (AvgIpc) is 2.92. The Labute approximate surface area is 129 Å². The molecule has 0 fully saturated rings. The van der Waals surface area contributed by atoms with Crippen LogP contribution in [0.25, 0.3) is 0 Å². The van der Waals surface area contributed by atoms with E-state index in [1.165, 1.54) is 30.9 Å². The number of nitrogens with one attached hydrogen (secondary N) is 1. The molecule has 0 bridgehead atoms. The summed E-state index contributed by atoms with van der Waals surface area (Å²) < 4.78 is 11.7. The fraction of sp³-hybridized carbons (Fsp3) is 0.643. The van der Waals surface area contributed by atoms with Gasteiger partial charge in [0, 0.05) is 12.8 Å². The lowest BCUT2D eigenvalue weighted by molar-refractivity contribution is -0.146. The number of amides is 1. The van der Waals surface area contributed by atoms with Crippen LogP contribution in [0.15, 0.2) is 12.4 Å². The third kappa shape index (κ3) is 4.81. The van der Waals surface area contributed by atoms with Gasteiger partial charge in [-0.3, -0.25) is 9.48 Å². The number of anilines is 1. The Morgan fingerprint density at radius 1 is 1.45 bits per heavy atom. The van der Waals surface area contributed by atoms with Gasteiger partial charge in [-0.2, -0.15) is 5.10 Å². The van der Waals surface area contributed by atoms with E-state index in [0.717, 1.165) is 0 Å². The first kappa shape index (κ1) is 18.1. The summed E-state index contributed by atoms with van der Waals surface area (Å²) in [5, 5.41) is 15.7. The number of aromatic nitrogens is 2. The monoisotopic (exact) mass is 313 g/mol. The number of nitrogens with zero attached hydrogens (tertiary/aromatic N) is 2. The van der Waals surface area contributed by atoms with Crippen LogP contribution in [0.2, 0.25) is 0 Å². The Morgan fingerprint density at radius 3 is 2.73 bits per heavy atom. The summed E-state index contributed by atoms with van der Waals surface area (Å²) in [6.07, 6.45) is 2.23. The molecule has 0 aliphatic heterocycles. The van der Waals surface area contributed by atoms with Gasteiger partial charge in [-0.25, -0.2) is 4.79 Å². The normalized spacial score (nSPS) is 12.9. The molecule has 1 unspecified atom stereocenters. The maximum absolute atomic E-state index is 11.9. The highest BCUT2D eigenvalue weighted by Gasteiger charge is 2.30. The number of rotatable bonds is 9. The Kier molecular flexibility index (Phi) is 6.51. The maximum atomic E-state index is 11.9. The molecule has 2 N–H and O–H groups in total. The summed E-state index contributed by atoms with van der Waals surface area (Å²) in [6.45, 7) is 7.91. The third-order valence-corrected chi connectivity index (χ3v) is 3.12. The lowest BCUT2D eigenvalue weighted by Crippen LogP contribution is -2.36. The van der Waals surface area contributed by atoms with Crippen molar-refractivity contribution in [3.8, 4) is 0 Å². The molecular formula is C14H23N3O5. The molecule has 0 aliphatic rings. The zero-order valence-corrected chi connectivity index (χ0v) is 13.3. The van der Waals surface area contributed by atoms with E-state index in [2.05, 4.69) is 10.4 Å². The van der Waals surface area contributed by atoms with E-state index in [4.69, 9.17) is 14.6 Å². The molecule has 1 atom stereocenters. The Bertz CT molecular complexity index is 512. The minimum absolute atomic E-state index is 0.327. The van der Waals surface area contributed by atoms with Crippen molar-refractivity contribution < 1.29 is 24.2 Å². The van der Waals surface area contributed by atoms with Gasteiger partial charge in [-0.1, -0.05) is 0 Å². The first-order chi connectivity index (χ1) is 10.3. The van der Waals surface area contributed by atoms with Crippen molar-refractivity contribution in [1.29, 1.82) is 0 Å². The first-order valence-electron chi connectivity index (χ1n) is 7.07. The SMILES string of the molecule is CCOCCOC(C)C(=O)Nc1cnn(C(C)(C)C(=O)O)c1. The fourth-order valence-electron chi connectivity index (χ4n) is 1.54. The molecular weight excluding hydrogens is 290 g/mol. The van der Waals surface area contributed by atoms with Crippen LogP contribution in [-0.2, 0) is 24.6 Å². The van der Waals surface area contributed by atoms with Crippen LogP contribution in [0, 0.1) is 0 Å². The molecule has 8 heteroatoms. The Morgan fingerprint density at radius 2 is 2.14 bits per heavy atom. The molecule has 8 nitrogen and oxygen atoms in total. The summed E-state index contributed by atoms with van der Waals surface area (Å²) in [5.74, 6) is -1.34. The van der Waals surface area contributed by atoms with Crippen LogP contribution in [0.3, 0.4) is 0 Å². The van der Waals surface area contributed by atoms with Gasteiger partial charge in [-0.15, -0.1) is 0 Å². The molecule has 1 aromatic heterocycles. The van der Waals surface area contributed by atoms with Crippen molar-refractivity contribution in [2.45, 2.75) is 39.3 Å². The lowest BCUT2D eigenvalue weighted by atomic mass is 10.1. The molecule has 0 spiro atoms.